The molecule has 2 unspecified atom stereocenters. The van der Waals surface area contributed by atoms with Crippen molar-refractivity contribution in [1.82, 2.24) is 10.3 Å². The fraction of sp³-hybridized carbons (Fsp3) is 0.471. The first-order valence-corrected chi connectivity index (χ1v) is 7.36. The number of rotatable bonds is 6. The zero-order valence-electron chi connectivity index (χ0n) is 12.8. The second kappa shape index (κ2) is 6.71. The number of aromatic nitrogens is 1. The predicted octanol–water partition coefficient (Wildman–Crippen LogP) is 3.70. The Morgan fingerprint density at radius 2 is 2.00 bits per heavy atom. The van der Waals surface area contributed by atoms with Crippen molar-refractivity contribution in [2.75, 3.05) is 6.54 Å². The molecule has 0 saturated heterocycles. The monoisotopic (exact) mass is 272 g/mol. The fourth-order valence-electron chi connectivity index (χ4n) is 2.51. The average Bonchev–Trinajstić information content (AvgIpc) is 2.39. The molecule has 2 aromatic rings. The van der Waals surface area contributed by atoms with Crippen molar-refractivity contribution in [1.29, 1.82) is 0 Å². The maximum absolute atomic E-state index is 6.10. The predicted molar refractivity (Wildman–Crippen MR) is 84.3 cm³/mol. The van der Waals surface area contributed by atoms with Crippen molar-refractivity contribution in [3.8, 4) is 5.75 Å². The lowest BCUT2D eigenvalue weighted by atomic mass is 10.1. The lowest BCUT2D eigenvalue weighted by Crippen LogP contribution is -2.30. The number of fused-ring (bicyclic) bond motifs is 1. The van der Waals surface area contributed by atoms with Gasteiger partial charge in [-0.1, -0.05) is 25.1 Å². The van der Waals surface area contributed by atoms with Crippen LogP contribution in [-0.4, -0.2) is 23.7 Å². The van der Waals surface area contributed by atoms with Gasteiger partial charge >= 0.3 is 0 Å². The van der Waals surface area contributed by atoms with Gasteiger partial charge in [0.15, 0.2) is 0 Å². The van der Waals surface area contributed by atoms with Gasteiger partial charge in [-0.05, 0) is 45.9 Å². The molecule has 2 rings (SSSR count). The third kappa shape index (κ3) is 3.70. The van der Waals surface area contributed by atoms with Crippen molar-refractivity contribution in [2.24, 2.45) is 0 Å². The van der Waals surface area contributed by atoms with Gasteiger partial charge in [0, 0.05) is 17.1 Å². The van der Waals surface area contributed by atoms with E-state index < -0.39 is 0 Å². The maximum atomic E-state index is 6.10. The molecule has 0 radical (unpaired) electrons. The van der Waals surface area contributed by atoms with Crippen LogP contribution in [-0.2, 0) is 0 Å². The van der Waals surface area contributed by atoms with Gasteiger partial charge < -0.3 is 10.1 Å². The van der Waals surface area contributed by atoms with Gasteiger partial charge in [0.1, 0.15) is 11.3 Å². The molecular formula is C17H24N2O. The number of nitrogens with one attached hydrogen (secondary N) is 1. The first-order valence-electron chi connectivity index (χ1n) is 7.36. The van der Waals surface area contributed by atoms with E-state index in [0.717, 1.165) is 35.3 Å². The Morgan fingerprint density at radius 1 is 1.20 bits per heavy atom. The van der Waals surface area contributed by atoms with Crippen LogP contribution in [0, 0.1) is 6.92 Å². The Kier molecular flexibility index (Phi) is 4.96. The largest absolute Gasteiger partial charge is 0.488 e. The van der Waals surface area contributed by atoms with E-state index in [2.05, 4.69) is 43.2 Å². The summed E-state index contributed by atoms with van der Waals surface area (Å²) in [6, 6.07) is 10.7. The summed E-state index contributed by atoms with van der Waals surface area (Å²) in [5, 5.41) is 4.54. The first-order chi connectivity index (χ1) is 9.60. The number of pyridine rings is 1. The van der Waals surface area contributed by atoms with Gasteiger partial charge in [-0.15, -0.1) is 0 Å². The summed E-state index contributed by atoms with van der Waals surface area (Å²) in [5.41, 5.74) is 1.97. The summed E-state index contributed by atoms with van der Waals surface area (Å²) in [6.45, 7) is 9.42. The molecule has 3 nitrogen and oxygen atoms in total. The summed E-state index contributed by atoms with van der Waals surface area (Å²) in [4.78, 5) is 4.60. The third-order valence-corrected chi connectivity index (χ3v) is 3.39. The van der Waals surface area contributed by atoms with Crippen LogP contribution in [0.2, 0.25) is 0 Å². The number of ether oxygens (including phenoxy) is 1. The van der Waals surface area contributed by atoms with E-state index in [-0.39, 0.29) is 6.10 Å². The minimum atomic E-state index is 0.164. The van der Waals surface area contributed by atoms with E-state index in [1.54, 1.807) is 0 Å². The summed E-state index contributed by atoms with van der Waals surface area (Å²) in [5.74, 6) is 0.877. The van der Waals surface area contributed by atoms with Crippen molar-refractivity contribution < 1.29 is 4.74 Å². The highest BCUT2D eigenvalue weighted by Gasteiger charge is 2.11. The van der Waals surface area contributed by atoms with Crippen molar-refractivity contribution in [3.05, 3.63) is 36.0 Å². The normalized spacial score (nSPS) is 14.2. The van der Waals surface area contributed by atoms with Crippen molar-refractivity contribution >= 4 is 10.9 Å². The van der Waals surface area contributed by atoms with Crippen LogP contribution in [0.3, 0.4) is 0 Å². The summed E-state index contributed by atoms with van der Waals surface area (Å²) in [7, 11) is 0. The van der Waals surface area contributed by atoms with Gasteiger partial charge in [-0.2, -0.15) is 0 Å². The Hall–Kier alpha value is -1.61. The van der Waals surface area contributed by atoms with Crippen molar-refractivity contribution in [3.63, 3.8) is 0 Å². The van der Waals surface area contributed by atoms with E-state index in [9.17, 15) is 0 Å². The second-order valence-corrected chi connectivity index (χ2v) is 5.40. The lowest BCUT2D eigenvalue weighted by molar-refractivity contribution is 0.198. The second-order valence-electron chi connectivity index (χ2n) is 5.40. The number of hydrogen-bond donors (Lipinski definition) is 1. The summed E-state index contributed by atoms with van der Waals surface area (Å²) < 4.78 is 6.10. The lowest BCUT2D eigenvalue weighted by Gasteiger charge is -2.20. The van der Waals surface area contributed by atoms with E-state index in [1.807, 2.05) is 25.1 Å². The molecule has 2 atom stereocenters. The summed E-state index contributed by atoms with van der Waals surface area (Å²) >= 11 is 0. The van der Waals surface area contributed by atoms with E-state index in [0.29, 0.717) is 6.04 Å². The van der Waals surface area contributed by atoms with Gasteiger partial charge in [0.25, 0.3) is 0 Å². The number of benzene rings is 1. The Labute approximate surface area is 121 Å². The highest BCUT2D eigenvalue weighted by atomic mass is 16.5. The molecule has 20 heavy (non-hydrogen) atoms. The molecule has 1 N–H and O–H groups in total. The van der Waals surface area contributed by atoms with Crippen LogP contribution >= 0.6 is 0 Å². The third-order valence-electron chi connectivity index (χ3n) is 3.39. The maximum Gasteiger partial charge on any atom is 0.145 e. The van der Waals surface area contributed by atoms with Crippen molar-refractivity contribution in [2.45, 2.75) is 46.3 Å². The minimum Gasteiger partial charge on any atom is -0.488 e. The van der Waals surface area contributed by atoms with E-state index in [4.69, 9.17) is 4.74 Å². The fourth-order valence-corrected chi connectivity index (χ4v) is 2.51. The number of hydrogen-bond acceptors (Lipinski definition) is 3. The van der Waals surface area contributed by atoms with Gasteiger partial charge in [0.2, 0.25) is 0 Å². The SMILES string of the molecule is CCNC(C)CC(C)Oc1cccc2ccc(C)nc12. The molecule has 0 fully saturated rings. The molecule has 0 spiro atoms. The van der Waals surface area contributed by atoms with Crippen LogP contribution < -0.4 is 10.1 Å². The minimum absolute atomic E-state index is 0.164. The van der Waals surface area contributed by atoms with Gasteiger partial charge in [-0.25, -0.2) is 4.98 Å². The van der Waals surface area contributed by atoms with Crippen LogP contribution in [0.5, 0.6) is 5.75 Å². The molecule has 0 aliphatic heterocycles. The highest BCUT2D eigenvalue weighted by molar-refractivity contribution is 5.84. The average molecular weight is 272 g/mol. The highest BCUT2D eigenvalue weighted by Crippen LogP contribution is 2.25. The molecule has 0 saturated carbocycles. The number of aryl methyl sites for hydroxylation is 1. The molecule has 0 aliphatic rings. The Balaban J connectivity index is 2.14. The molecule has 108 valence electrons. The molecule has 0 aliphatic carbocycles. The molecule has 0 bridgehead atoms. The quantitative estimate of drug-likeness (QED) is 0.870. The Morgan fingerprint density at radius 3 is 2.75 bits per heavy atom. The van der Waals surface area contributed by atoms with Crippen LogP contribution in [0.4, 0.5) is 0 Å². The molecule has 1 aromatic carbocycles. The molecular weight excluding hydrogens is 248 g/mol. The standard InChI is InChI=1S/C17H24N2O/c1-5-18-13(3)11-14(4)20-16-8-6-7-15-10-9-12(2)19-17(15)16/h6-10,13-14,18H,5,11H2,1-4H3. The number of para-hydroxylation sites is 1. The van der Waals surface area contributed by atoms with Crippen LogP contribution in [0.25, 0.3) is 10.9 Å². The molecule has 1 heterocycles. The van der Waals surface area contributed by atoms with Gasteiger partial charge in [0.05, 0.1) is 6.10 Å². The van der Waals surface area contributed by atoms with Crippen LogP contribution in [0.15, 0.2) is 30.3 Å². The molecule has 3 heteroatoms. The van der Waals surface area contributed by atoms with E-state index >= 15 is 0 Å². The van der Waals surface area contributed by atoms with Gasteiger partial charge in [-0.3, -0.25) is 0 Å². The zero-order chi connectivity index (χ0) is 14.5. The molecule has 0 amide bonds. The zero-order valence-corrected chi connectivity index (χ0v) is 12.8. The summed E-state index contributed by atoms with van der Waals surface area (Å²) in [6.07, 6.45) is 1.15. The smallest absolute Gasteiger partial charge is 0.145 e. The van der Waals surface area contributed by atoms with E-state index in [1.165, 1.54) is 0 Å². The van der Waals surface area contributed by atoms with Crippen LogP contribution in [0.1, 0.15) is 32.9 Å². The number of nitrogens with zero attached hydrogens (tertiary/aromatic N) is 1. The molecule has 1 aromatic heterocycles. The Bertz CT molecular complexity index is 568. The first kappa shape index (κ1) is 14.8. The topological polar surface area (TPSA) is 34.1 Å².